The van der Waals surface area contributed by atoms with E-state index >= 15 is 0 Å². The Morgan fingerprint density at radius 1 is 1.71 bits per heavy atom. The average Bonchev–Trinajstić information content (AvgIpc) is 2.06. The quantitative estimate of drug-likeness (QED) is 0.345. The fraction of sp³-hybridized carbons (Fsp3) is 0.750. The first-order valence-corrected chi connectivity index (χ1v) is 2.10. The summed E-state index contributed by atoms with van der Waals surface area (Å²) >= 11 is 0. The first kappa shape index (κ1) is 7.07. The first-order valence-electron chi connectivity index (χ1n) is 2.10. The van der Waals surface area contributed by atoms with Gasteiger partial charge in [-0.1, -0.05) is 0 Å². The smallest absolute Gasteiger partial charge is 1.00 e. The van der Waals surface area contributed by atoms with Gasteiger partial charge in [0, 0.05) is 5.92 Å². The third-order valence-corrected chi connectivity index (χ3v) is 0.980. The van der Waals surface area contributed by atoms with Crippen molar-refractivity contribution in [3.63, 3.8) is 0 Å². The molecule has 1 aliphatic carbocycles. The molecule has 0 aliphatic heterocycles. The van der Waals surface area contributed by atoms with Crippen LogP contribution in [-0.2, 0) is 4.79 Å². The van der Waals surface area contributed by atoms with Gasteiger partial charge in [-0.2, -0.15) is 0 Å². The molecule has 0 aromatic heterocycles. The molecule has 0 spiro atoms. The fourth-order valence-electron chi connectivity index (χ4n) is 0.368. The summed E-state index contributed by atoms with van der Waals surface area (Å²) in [4.78, 5) is 9.98. The van der Waals surface area contributed by atoms with Gasteiger partial charge in [-0.05, 0) is 12.8 Å². The molecule has 0 unspecified atom stereocenters. The Bertz CT molecular complexity index is 84.1. The molecule has 3 heteroatoms. The molecule has 1 rings (SSSR count). The SMILES string of the molecule is NC(=O)C1CC1.[H-].[Li+]. The summed E-state index contributed by atoms with van der Waals surface area (Å²) in [6, 6.07) is 0. The van der Waals surface area contributed by atoms with Crippen LogP contribution in [0.3, 0.4) is 0 Å². The van der Waals surface area contributed by atoms with Crippen LogP contribution in [0.1, 0.15) is 14.3 Å². The Balaban J connectivity index is 0. The van der Waals surface area contributed by atoms with E-state index < -0.39 is 0 Å². The van der Waals surface area contributed by atoms with E-state index in [-0.39, 0.29) is 32.1 Å². The number of amides is 1. The van der Waals surface area contributed by atoms with Gasteiger partial charge >= 0.3 is 18.9 Å². The van der Waals surface area contributed by atoms with E-state index in [9.17, 15) is 4.79 Å². The molecule has 0 radical (unpaired) electrons. The number of hydrogen-bond acceptors (Lipinski definition) is 1. The van der Waals surface area contributed by atoms with Crippen LogP contribution in [0.5, 0.6) is 0 Å². The zero-order valence-electron chi connectivity index (χ0n) is 5.48. The van der Waals surface area contributed by atoms with Crippen LogP contribution in [0.15, 0.2) is 0 Å². The van der Waals surface area contributed by atoms with Crippen LogP contribution in [0.4, 0.5) is 0 Å². The van der Waals surface area contributed by atoms with Crippen LogP contribution in [0.2, 0.25) is 0 Å². The molecule has 0 aromatic rings. The van der Waals surface area contributed by atoms with Gasteiger partial charge in [-0.3, -0.25) is 4.79 Å². The van der Waals surface area contributed by atoms with Crippen LogP contribution < -0.4 is 24.6 Å². The third kappa shape index (κ3) is 2.01. The Morgan fingerprint density at radius 3 is 2.14 bits per heavy atom. The molecule has 36 valence electrons. The van der Waals surface area contributed by atoms with E-state index in [1.807, 2.05) is 0 Å². The molecule has 7 heavy (non-hydrogen) atoms. The Morgan fingerprint density at radius 2 is 2.14 bits per heavy atom. The molecular weight excluding hydrogens is 85.0 g/mol. The van der Waals surface area contributed by atoms with Gasteiger partial charge in [-0.15, -0.1) is 0 Å². The van der Waals surface area contributed by atoms with Crippen molar-refractivity contribution in [2.75, 3.05) is 0 Å². The van der Waals surface area contributed by atoms with Crippen molar-refractivity contribution in [3.05, 3.63) is 0 Å². The van der Waals surface area contributed by atoms with E-state index in [1.54, 1.807) is 0 Å². The summed E-state index contributed by atoms with van der Waals surface area (Å²) in [6.45, 7) is 0. The molecule has 0 heterocycles. The summed E-state index contributed by atoms with van der Waals surface area (Å²) in [6.07, 6.45) is 2.05. The number of hydrogen-bond donors (Lipinski definition) is 1. The molecule has 0 bridgehead atoms. The number of carbonyl (C=O) groups is 1. The molecule has 1 amide bonds. The maximum absolute atomic E-state index is 9.98. The normalized spacial score (nSPS) is 17.7. The van der Waals surface area contributed by atoms with Crippen LogP contribution >= 0.6 is 0 Å². The molecular formula is C4H8LiNO. The van der Waals surface area contributed by atoms with Crippen molar-refractivity contribution < 1.29 is 25.1 Å². The van der Waals surface area contributed by atoms with Crippen molar-refractivity contribution in [3.8, 4) is 0 Å². The fourth-order valence-corrected chi connectivity index (χ4v) is 0.368. The summed E-state index contributed by atoms with van der Waals surface area (Å²) in [5, 5.41) is 0. The van der Waals surface area contributed by atoms with Crippen molar-refractivity contribution >= 4 is 5.91 Å². The monoisotopic (exact) mass is 93.1 g/mol. The largest absolute Gasteiger partial charge is 1.00 e. The minimum Gasteiger partial charge on any atom is -1.00 e. The number of carbonyl (C=O) groups excluding carboxylic acids is 1. The zero-order valence-corrected chi connectivity index (χ0v) is 4.48. The number of rotatable bonds is 1. The summed E-state index contributed by atoms with van der Waals surface area (Å²) in [7, 11) is 0. The summed E-state index contributed by atoms with van der Waals surface area (Å²) in [5.41, 5.74) is 4.86. The minimum absolute atomic E-state index is 0. The average molecular weight is 93.1 g/mol. The van der Waals surface area contributed by atoms with Crippen LogP contribution in [-0.4, -0.2) is 5.91 Å². The maximum Gasteiger partial charge on any atom is 1.00 e. The molecule has 2 N–H and O–H groups in total. The predicted octanol–water partition coefficient (Wildman–Crippen LogP) is -3.00. The predicted molar refractivity (Wildman–Crippen MR) is 23.0 cm³/mol. The standard InChI is InChI=1S/C4H7NO.Li.H/c5-4(6)3-1-2-3;;/h3H,1-2H2,(H2,5,6);;/q;+1;-1. The van der Waals surface area contributed by atoms with Crippen molar-refractivity contribution in [1.29, 1.82) is 0 Å². The molecule has 2 nitrogen and oxygen atoms in total. The van der Waals surface area contributed by atoms with Gasteiger partial charge in [0.05, 0.1) is 0 Å². The summed E-state index contributed by atoms with van der Waals surface area (Å²) in [5.74, 6) is 0.111. The van der Waals surface area contributed by atoms with Gasteiger partial charge in [0.25, 0.3) is 0 Å². The second kappa shape index (κ2) is 2.39. The van der Waals surface area contributed by atoms with Gasteiger partial charge < -0.3 is 7.16 Å². The molecule has 0 atom stereocenters. The van der Waals surface area contributed by atoms with Gasteiger partial charge in [0.2, 0.25) is 5.91 Å². The molecule has 0 aromatic carbocycles. The second-order valence-electron chi connectivity index (χ2n) is 1.68. The van der Waals surface area contributed by atoms with Crippen molar-refractivity contribution in [1.82, 2.24) is 0 Å². The Labute approximate surface area is 56.1 Å². The van der Waals surface area contributed by atoms with Crippen molar-refractivity contribution in [2.45, 2.75) is 12.8 Å². The van der Waals surface area contributed by atoms with Crippen molar-refractivity contribution in [2.24, 2.45) is 11.7 Å². The zero-order chi connectivity index (χ0) is 4.57. The van der Waals surface area contributed by atoms with E-state index in [1.165, 1.54) is 0 Å². The summed E-state index contributed by atoms with van der Waals surface area (Å²) < 4.78 is 0. The number of nitrogens with two attached hydrogens (primary N) is 1. The van der Waals surface area contributed by atoms with E-state index in [0.29, 0.717) is 0 Å². The van der Waals surface area contributed by atoms with Crippen LogP contribution in [0.25, 0.3) is 0 Å². The molecule has 1 aliphatic rings. The van der Waals surface area contributed by atoms with Crippen LogP contribution in [0, 0.1) is 5.92 Å². The van der Waals surface area contributed by atoms with Gasteiger partial charge in [-0.25, -0.2) is 0 Å². The maximum atomic E-state index is 9.98. The van der Waals surface area contributed by atoms with E-state index in [4.69, 9.17) is 5.73 Å². The second-order valence-corrected chi connectivity index (χ2v) is 1.68. The molecule has 1 saturated carbocycles. The van der Waals surface area contributed by atoms with E-state index in [2.05, 4.69) is 0 Å². The van der Waals surface area contributed by atoms with Gasteiger partial charge in [0.15, 0.2) is 0 Å². The first-order chi connectivity index (χ1) is 2.80. The topological polar surface area (TPSA) is 43.1 Å². The Kier molecular flexibility index (Phi) is 2.42. The molecule has 0 saturated heterocycles. The van der Waals surface area contributed by atoms with E-state index in [0.717, 1.165) is 12.8 Å². The Hall–Kier alpha value is 0.0674. The minimum atomic E-state index is -0.130. The number of primary amides is 1. The molecule has 1 fully saturated rings. The van der Waals surface area contributed by atoms with Gasteiger partial charge in [0.1, 0.15) is 0 Å². The third-order valence-electron chi connectivity index (χ3n) is 0.980.